The summed E-state index contributed by atoms with van der Waals surface area (Å²) in [6.07, 6.45) is -14.5. The van der Waals surface area contributed by atoms with E-state index in [0.717, 1.165) is 0 Å². The summed E-state index contributed by atoms with van der Waals surface area (Å²) in [7, 11) is 0. The Kier molecular flexibility index (Phi) is 9.57. The molecule has 0 aliphatic carbocycles. The fourth-order valence-electron chi connectivity index (χ4n) is 3.95. The maximum atomic E-state index is 11.9. The van der Waals surface area contributed by atoms with Crippen LogP contribution in [0, 0.1) is 0 Å². The van der Waals surface area contributed by atoms with Crippen LogP contribution in [0.2, 0.25) is 0 Å². The van der Waals surface area contributed by atoms with Crippen LogP contribution in [-0.4, -0.2) is 116 Å². The van der Waals surface area contributed by atoms with E-state index in [1.165, 1.54) is 25.1 Å². The van der Waals surface area contributed by atoms with Crippen LogP contribution in [0.25, 0.3) is 0 Å². The Morgan fingerprint density at radius 3 is 2.39 bits per heavy atom. The molecular weight excluding hydrogens is 480 g/mol. The van der Waals surface area contributed by atoms with Gasteiger partial charge in [-0.3, -0.25) is 4.79 Å². The molecule has 1 aromatic rings. The lowest BCUT2D eigenvalue weighted by Crippen LogP contribution is -2.63. The van der Waals surface area contributed by atoms with Crippen LogP contribution in [0.5, 0.6) is 5.75 Å². The van der Waals surface area contributed by atoms with E-state index in [0.29, 0.717) is 16.7 Å². The Bertz CT molecular complexity index is 922. The van der Waals surface area contributed by atoms with Gasteiger partial charge in [-0.15, -0.1) is 0 Å². The lowest BCUT2D eigenvalue weighted by Gasteiger charge is -2.44. The number of hydrogen-bond donors (Lipinski definition) is 7. The first-order chi connectivity index (χ1) is 16.9. The summed E-state index contributed by atoms with van der Waals surface area (Å²) in [6.45, 7) is 5.71. The van der Waals surface area contributed by atoms with E-state index in [1.807, 2.05) is 0 Å². The SMILES string of the molecule is C=C(C)C(O)Cc1cc(C(C)=O)ccc1OC1OC(CO)C(O)C(OC2OCC(O)C(O)C2O)C1O. The number of hydrogen-bond acceptors (Lipinski definition) is 12. The lowest BCUT2D eigenvalue weighted by molar-refractivity contribution is -0.339. The molecule has 2 aliphatic heterocycles. The molecule has 12 nitrogen and oxygen atoms in total. The Balaban J connectivity index is 1.85. The predicted octanol–water partition coefficient (Wildman–Crippen LogP) is -1.99. The van der Waals surface area contributed by atoms with Crippen LogP contribution in [-0.2, 0) is 20.6 Å². The van der Waals surface area contributed by atoms with Gasteiger partial charge < -0.3 is 54.7 Å². The van der Waals surface area contributed by atoms with Crippen LogP contribution >= 0.6 is 0 Å². The summed E-state index contributed by atoms with van der Waals surface area (Å²) < 4.78 is 22.2. The first-order valence-electron chi connectivity index (χ1n) is 11.5. The van der Waals surface area contributed by atoms with E-state index in [9.17, 15) is 40.5 Å². The van der Waals surface area contributed by atoms with Gasteiger partial charge in [0.05, 0.1) is 19.3 Å². The molecule has 202 valence electrons. The molecule has 0 bridgehead atoms. The van der Waals surface area contributed by atoms with Crippen LogP contribution in [0.1, 0.15) is 29.8 Å². The van der Waals surface area contributed by atoms with Gasteiger partial charge in [0.1, 0.15) is 48.5 Å². The molecule has 10 unspecified atom stereocenters. The van der Waals surface area contributed by atoms with Gasteiger partial charge in [-0.25, -0.2) is 0 Å². The number of rotatable bonds is 9. The monoisotopic (exact) mass is 514 g/mol. The molecule has 10 atom stereocenters. The maximum absolute atomic E-state index is 11.9. The molecule has 0 amide bonds. The molecule has 2 saturated heterocycles. The molecule has 2 aliphatic rings. The Labute approximate surface area is 207 Å². The summed E-state index contributed by atoms with van der Waals surface area (Å²) in [6, 6.07) is 4.49. The first kappa shape index (κ1) is 28.6. The molecule has 0 radical (unpaired) electrons. The van der Waals surface area contributed by atoms with Crippen molar-refractivity contribution in [3.63, 3.8) is 0 Å². The van der Waals surface area contributed by atoms with Crippen molar-refractivity contribution in [2.75, 3.05) is 13.2 Å². The van der Waals surface area contributed by atoms with Gasteiger partial charge in [-0.2, -0.15) is 0 Å². The Hall–Kier alpha value is -1.97. The number of Topliss-reactive ketones (excluding diaryl/α,β-unsaturated/α-hetero) is 1. The maximum Gasteiger partial charge on any atom is 0.229 e. The number of ether oxygens (including phenoxy) is 4. The van der Waals surface area contributed by atoms with Crippen molar-refractivity contribution in [1.29, 1.82) is 0 Å². The number of ketones is 1. The van der Waals surface area contributed by atoms with Crippen molar-refractivity contribution >= 4 is 5.78 Å². The van der Waals surface area contributed by atoms with Gasteiger partial charge in [-0.05, 0) is 37.6 Å². The van der Waals surface area contributed by atoms with E-state index in [2.05, 4.69) is 6.58 Å². The van der Waals surface area contributed by atoms with Crippen molar-refractivity contribution in [2.45, 2.75) is 81.7 Å². The quantitative estimate of drug-likeness (QED) is 0.142. The fraction of sp³-hybridized carbons (Fsp3) is 0.625. The van der Waals surface area contributed by atoms with Crippen molar-refractivity contribution in [3.05, 3.63) is 41.5 Å². The van der Waals surface area contributed by atoms with Crippen LogP contribution < -0.4 is 4.74 Å². The van der Waals surface area contributed by atoms with Crippen LogP contribution in [0.15, 0.2) is 30.4 Å². The highest BCUT2D eigenvalue weighted by atomic mass is 16.7. The fourth-order valence-corrected chi connectivity index (χ4v) is 3.95. The number of carbonyl (C=O) groups excluding carboxylic acids is 1. The van der Waals surface area contributed by atoms with Crippen LogP contribution in [0.4, 0.5) is 0 Å². The van der Waals surface area contributed by atoms with E-state index in [4.69, 9.17) is 18.9 Å². The normalized spacial score (nSPS) is 35.8. The van der Waals surface area contributed by atoms with Crippen molar-refractivity contribution in [2.24, 2.45) is 0 Å². The summed E-state index contributed by atoms with van der Waals surface area (Å²) in [5.41, 5.74) is 1.27. The zero-order valence-electron chi connectivity index (χ0n) is 20.0. The molecule has 3 rings (SSSR count). The number of aliphatic hydroxyl groups excluding tert-OH is 7. The molecule has 0 spiro atoms. The zero-order chi connectivity index (χ0) is 26.7. The topological polar surface area (TPSA) is 196 Å². The molecule has 0 saturated carbocycles. The highest BCUT2D eigenvalue weighted by molar-refractivity contribution is 5.94. The molecule has 2 fully saturated rings. The minimum Gasteiger partial charge on any atom is -0.462 e. The second kappa shape index (κ2) is 12.0. The van der Waals surface area contributed by atoms with Crippen molar-refractivity contribution in [1.82, 2.24) is 0 Å². The second-order valence-corrected chi connectivity index (χ2v) is 9.12. The van der Waals surface area contributed by atoms with E-state index in [-0.39, 0.29) is 24.6 Å². The zero-order valence-corrected chi connectivity index (χ0v) is 20.0. The summed E-state index contributed by atoms with van der Waals surface area (Å²) in [5.74, 6) is -0.0551. The highest BCUT2D eigenvalue weighted by Crippen LogP contribution is 2.31. The van der Waals surface area contributed by atoms with Gasteiger partial charge in [0.25, 0.3) is 0 Å². The molecule has 2 heterocycles. The van der Waals surface area contributed by atoms with E-state index >= 15 is 0 Å². The predicted molar refractivity (Wildman–Crippen MR) is 122 cm³/mol. The smallest absolute Gasteiger partial charge is 0.229 e. The summed E-state index contributed by atoms with van der Waals surface area (Å²) in [5, 5.41) is 71.3. The van der Waals surface area contributed by atoms with Crippen molar-refractivity contribution < 1.29 is 59.5 Å². The number of benzene rings is 1. The third-order valence-corrected chi connectivity index (χ3v) is 6.26. The third kappa shape index (κ3) is 6.29. The largest absolute Gasteiger partial charge is 0.462 e. The Morgan fingerprint density at radius 1 is 1.08 bits per heavy atom. The second-order valence-electron chi connectivity index (χ2n) is 9.12. The number of aliphatic hydroxyl groups is 7. The molecule has 12 heteroatoms. The lowest BCUT2D eigenvalue weighted by atomic mass is 9.97. The molecule has 7 N–H and O–H groups in total. The summed E-state index contributed by atoms with van der Waals surface area (Å²) >= 11 is 0. The minimum absolute atomic E-state index is 0.0445. The van der Waals surface area contributed by atoms with Gasteiger partial charge in [0.15, 0.2) is 12.1 Å². The third-order valence-electron chi connectivity index (χ3n) is 6.26. The molecule has 36 heavy (non-hydrogen) atoms. The van der Waals surface area contributed by atoms with Crippen molar-refractivity contribution in [3.8, 4) is 5.75 Å². The number of carbonyl (C=O) groups is 1. The molecule has 0 aromatic heterocycles. The molecular formula is C24H34O12. The highest BCUT2D eigenvalue weighted by Gasteiger charge is 2.49. The van der Waals surface area contributed by atoms with Crippen LogP contribution in [0.3, 0.4) is 0 Å². The Morgan fingerprint density at radius 2 is 1.78 bits per heavy atom. The molecule has 1 aromatic carbocycles. The summed E-state index contributed by atoms with van der Waals surface area (Å²) in [4.78, 5) is 11.9. The average molecular weight is 515 g/mol. The van der Waals surface area contributed by atoms with Gasteiger partial charge in [0, 0.05) is 12.0 Å². The van der Waals surface area contributed by atoms with Gasteiger partial charge in [0.2, 0.25) is 6.29 Å². The standard InChI is InChI=1S/C24H34O12/c1-10(2)14(27)7-13-6-12(11(3)26)4-5-16(13)34-24-21(32)22(19(30)17(8-25)35-24)36-23-20(31)18(29)15(28)9-33-23/h4-6,14-15,17-25,27-32H,1,7-9H2,2-3H3. The minimum atomic E-state index is -1.68. The van der Waals surface area contributed by atoms with Gasteiger partial charge >= 0.3 is 0 Å². The average Bonchev–Trinajstić information content (AvgIpc) is 2.83. The van der Waals surface area contributed by atoms with E-state index in [1.54, 1.807) is 6.92 Å². The van der Waals surface area contributed by atoms with Gasteiger partial charge in [-0.1, -0.05) is 12.2 Å². The van der Waals surface area contributed by atoms with E-state index < -0.39 is 68.0 Å². The first-order valence-corrected chi connectivity index (χ1v) is 11.5.